The molecule has 0 amide bonds. The summed E-state index contributed by atoms with van der Waals surface area (Å²) in [6.45, 7) is 1.83. The molecular formula is C15H17N5O. The second-order valence-electron chi connectivity index (χ2n) is 5.15. The molecule has 21 heavy (non-hydrogen) atoms. The maximum atomic E-state index is 9.84. The van der Waals surface area contributed by atoms with Crippen LogP contribution < -0.4 is 11.1 Å². The first kappa shape index (κ1) is 13.4. The molecule has 1 unspecified atom stereocenters. The van der Waals surface area contributed by atoms with Gasteiger partial charge in [-0.15, -0.1) is 0 Å². The van der Waals surface area contributed by atoms with Gasteiger partial charge in [0.1, 0.15) is 5.82 Å². The molecule has 2 heterocycles. The highest BCUT2D eigenvalue weighted by Crippen LogP contribution is 2.27. The highest BCUT2D eigenvalue weighted by atomic mass is 16.3. The third kappa shape index (κ3) is 2.41. The maximum absolute atomic E-state index is 9.84. The number of hydrogen-bond acceptors (Lipinski definition) is 5. The SMILES string of the molecule is CC(CO)(Nc1nc(N)cn2ccnc12)c1ccccc1. The van der Waals surface area contributed by atoms with Crippen LogP contribution in [0.1, 0.15) is 12.5 Å². The Morgan fingerprint density at radius 1 is 1.33 bits per heavy atom. The lowest BCUT2D eigenvalue weighted by Gasteiger charge is -2.30. The van der Waals surface area contributed by atoms with Gasteiger partial charge in [0.05, 0.1) is 18.3 Å². The van der Waals surface area contributed by atoms with Gasteiger partial charge >= 0.3 is 0 Å². The molecule has 0 aliphatic rings. The summed E-state index contributed by atoms with van der Waals surface area (Å²) in [5, 5.41) is 13.1. The molecule has 0 aliphatic carbocycles. The van der Waals surface area contributed by atoms with Crippen LogP contribution >= 0.6 is 0 Å². The lowest BCUT2D eigenvalue weighted by molar-refractivity contribution is 0.224. The number of rotatable bonds is 4. The number of fused-ring (bicyclic) bond motifs is 1. The van der Waals surface area contributed by atoms with E-state index >= 15 is 0 Å². The lowest BCUT2D eigenvalue weighted by atomic mass is 9.93. The Balaban J connectivity index is 2.05. The molecule has 4 N–H and O–H groups in total. The number of nitrogen functional groups attached to an aromatic ring is 1. The Bertz CT molecular complexity index is 755. The normalized spacial score (nSPS) is 14.0. The number of nitrogens with zero attached hydrogens (tertiary/aromatic N) is 3. The van der Waals surface area contributed by atoms with Crippen LogP contribution in [0.4, 0.5) is 11.6 Å². The first-order chi connectivity index (χ1) is 10.1. The molecule has 0 spiro atoms. The van der Waals surface area contributed by atoms with Crippen molar-refractivity contribution in [2.75, 3.05) is 17.7 Å². The molecule has 0 aliphatic heterocycles. The molecule has 6 heteroatoms. The number of benzene rings is 1. The lowest BCUT2D eigenvalue weighted by Crippen LogP contribution is -2.36. The summed E-state index contributed by atoms with van der Waals surface area (Å²) in [6.07, 6.45) is 5.18. The molecule has 0 saturated heterocycles. The molecule has 1 atom stereocenters. The van der Waals surface area contributed by atoms with Gasteiger partial charge < -0.3 is 20.6 Å². The summed E-state index contributed by atoms with van der Waals surface area (Å²) in [6, 6.07) is 9.72. The van der Waals surface area contributed by atoms with Crippen LogP contribution in [0.15, 0.2) is 48.9 Å². The predicted molar refractivity (Wildman–Crippen MR) is 81.9 cm³/mol. The zero-order chi connectivity index (χ0) is 14.9. The number of aromatic nitrogens is 3. The summed E-state index contributed by atoms with van der Waals surface area (Å²) >= 11 is 0. The average Bonchev–Trinajstić information content (AvgIpc) is 2.96. The molecule has 1 aromatic carbocycles. The first-order valence-electron chi connectivity index (χ1n) is 6.66. The second kappa shape index (κ2) is 5.06. The van der Waals surface area contributed by atoms with Gasteiger partial charge in [0.25, 0.3) is 0 Å². The van der Waals surface area contributed by atoms with Crippen molar-refractivity contribution in [1.82, 2.24) is 14.4 Å². The summed E-state index contributed by atoms with van der Waals surface area (Å²) in [5.41, 5.74) is 6.77. The molecule has 2 aromatic heterocycles. The van der Waals surface area contributed by atoms with Gasteiger partial charge in [0.15, 0.2) is 11.5 Å². The van der Waals surface area contributed by atoms with Gasteiger partial charge in [-0.05, 0) is 12.5 Å². The first-order valence-corrected chi connectivity index (χ1v) is 6.66. The fraction of sp³-hybridized carbons (Fsp3) is 0.200. The summed E-state index contributed by atoms with van der Waals surface area (Å²) in [4.78, 5) is 8.58. The molecule has 0 fully saturated rings. The van der Waals surface area contributed by atoms with Gasteiger partial charge in [-0.25, -0.2) is 9.97 Å². The van der Waals surface area contributed by atoms with Gasteiger partial charge in [0, 0.05) is 12.4 Å². The van der Waals surface area contributed by atoms with E-state index in [-0.39, 0.29) is 6.61 Å². The van der Waals surface area contributed by atoms with Gasteiger partial charge in [-0.2, -0.15) is 0 Å². The third-order valence-corrected chi connectivity index (χ3v) is 3.51. The number of aliphatic hydroxyl groups is 1. The van der Waals surface area contributed by atoms with Crippen LogP contribution in [0.5, 0.6) is 0 Å². The quantitative estimate of drug-likeness (QED) is 0.677. The Morgan fingerprint density at radius 2 is 2.10 bits per heavy atom. The molecule has 108 valence electrons. The number of anilines is 2. The van der Waals surface area contributed by atoms with Crippen molar-refractivity contribution in [3.63, 3.8) is 0 Å². The molecule has 0 bridgehead atoms. The van der Waals surface area contributed by atoms with E-state index in [9.17, 15) is 5.11 Å². The fourth-order valence-electron chi connectivity index (χ4n) is 2.31. The van der Waals surface area contributed by atoms with E-state index in [1.165, 1.54) is 0 Å². The number of nitrogens with two attached hydrogens (primary N) is 1. The molecule has 0 radical (unpaired) electrons. The van der Waals surface area contributed by atoms with Crippen LogP contribution in [0.2, 0.25) is 0 Å². The minimum Gasteiger partial charge on any atom is -0.394 e. The number of imidazole rings is 1. The van der Waals surface area contributed by atoms with Crippen molar-refractivity contribution in [2.24, 2.45) is 0 Å². The van der Waals surface area contributed by atoms with Crippen LogP contribution in [-0.4, -0.2) is 26.1 Å². The van der Waals surface area contributed by atoms with E-state index in [0.29, 0.717) is 17.3 Å². The Labute approximate surface area is 122 Å². The molecule has 3 rings (SSSR count). The topological polar surface area (TPSA) is 88.5 Å². The fourth-order valence-corrected chi connectivity index (χ4v) is 2.31. The Morgan fingerprint density at radius 3 is 2.81 bits per heavy atom. The van der Waals surface area contributed by atoms with Crippen molar-refractivity contribution >= 4 is 17.3 Å². The van der Waals surface area contributed by atoms with Crippen molar-refractivity contribution < 1.29 is 5.11 Å². The number of nitrogens with one attached hydrogen (secondary N) is 1. The largest absolute Gasteiger partial charge is 0.394 e. The minimum absolute atomic E-state index is 0.0830. The average molecular weight is 283 g/mol. The molecule has 6 nitrogen and oxygen atoms in total. The van der Waals surface area contributed by atoms with Crippen LogP contribution in [0.25, 0.3) is 5.65 Å². The number of aliphatic hydroxyl groups excluding tert-OH is 1. The van der Waals surface area contributed by atoms with Gasteiger partial charge in [-0.3, -0.25) is 0 Å². The summed E-state index contributed by atoms with van der Waals surface area (Å²) in [7, 11) is 0. The van der Waals surface area contributed by atoms with Crippen LogP contribution in [0.3, 0.4) is 0 Å². The zero-order valence-corrected chi connectivity index (χ0v) is 11.7. The maximum Gasteiger partial charge on any atom is 0.180 e. The Kier molecular flexibility index (Phi) is 3.23. The second-order valence-corrected chi connectivity index (χ2v) is 5.15. The minimum atomic E-state index is -0.672. The number of hydrogen-bond donors (Lipinski definition) is 3. The smallest absolute Gasteiger partial charge is 0.180 e. The van der Waals surface area contributed by atoms with Crippen molar-refractivity contribution in [1.29, 1.82) is 0 Å². The highest BCUT2D eigenvalue weighted by Gasteiger charge is 2.27. The van der Waals surface area contributed by atoms with E-state index < -0.39 is 5.54 Å². The van der Waals surface area contributed by atoms with E-state index in [1.807, 2.05) is 37.3 Å². The van der Waals surface area contributed by atoms with Crippen molar-refractivity contribution in [3.8, 4) is 0 Å². The van der Waals surface area contributed by atoms with E-state index in [1.54, 1.807) is 23.0 Å². The zero-order valence-electron chi connectivity index (χ0n) is 11.7. The predicted octanol–water partition coefficient (Wildman–Crippen LogP) is 1.63. The van der Waals surface area contributed by atoms with Gasteiger partial charge in [0.2, 0.25) is 0 Å². The van der Waals surface area contributed by atoms with Crippen molar-refractivity contribution in [2.45, 2.75) is 12.5 Å². The highest BCUT2D eigenvalue weighted by molar-refractivity contribution is 5.66. The third-order valence-electron chi connectivity index (χ3n) is 3.51. The van der Waals surface area contributed by atoms with Crippen molar-refractivity contribution in [3.05, 3.63) is 54.5 Å². The standard InChI is InChI=1S/C15H17N5O/c1-15(10-21,11-5-3-2-4-6-11)19-13-14-17-7-8-20(14)9-12(16)18-13/h2-9,21H,10,16H2,1H3,(H,18,19). The van der Waals surface area contributed by atoms with E-state index in [0.717, 1.165) is 5.56 Å². The molecular weight excluding hydrogens is 266 g/mol. The van der Waals surface area contributed by atoms with Crippen LogP contribution in [-0.2, 0) is 5.54 Å². The summed E-state index contributed by atoms with van der Waals surface area (Å²) in [5.74, 6) is 0.928. The monoisotopic (exact) mass is 283 g/mol. The molecule has 0 saturated carbocycles. The summed E-state index contributed by atoms with van der Waals surface area (Å²) < 4.78 is 1.80. The van der Waals surface area contributed by atoms with E-state index in [2.05, 4.69) is 15.3 Å². The molecule has 3 aromatic rings. The Hall–Kier alpha value is -2.60. The van der Waals surface area contributed by atoms with Gasteiger partial charge in [-0.1, -0.05) is 30.3 Å². The van der Waals surface area contributed by atoms with E-state index in [4.69, 9.17) is 5.73 Å². The van der Waals surface area contributed by atoms with Crippen LogP contribution in [0, 0.1) is 0 Å².